The Bertz CT molecular complexity index is 789. The first-order valence-electron chi connectivity index (χ1n) is 8.21. The van der Waals surface area contributed by atoms with Crippen LogP contribution < -0.4 is 19.5 Å². The summed E-state index contributed by atoms with van der Waals surface area (Å²) in [6.45, 7) is 5.21. The number of benzene rings is 1. The Labute approximate surface area is 161 Å². The molecule has 0 saturated carbocycles. The van der Waals surface area contributed by atoms with E-state index >= 15 is 0 Å². The molecule has 1 heterocycles. The fourth-order valence-corrected chi connectivity index (χ4v) is 2.98. The quantitative estimate of drug-likeness (QED) is 0.657. The number of halogens is 1. The van der Waals surface area contributed by atoms with Gasteiger partial charge in [0.15, 0.2) is 11.5 Å². The van der Waals surface area contributed by atoms with Crippen LogP contribution in [0.2, 0.25) is 0 Å². The number of methoxy groups -OCH3 is 3. The molecule has 0 aliphatic heterocycles. The monoisotopic (exact) mass is 425 g/mol. The summed E-state index contributed by atoms with van der Waals surface area (Å²) in [5.74, 6) is 1.04. The van der Waals surface area contributed by atoms with Gasteiger partial charge in [-0.3, -0.25) is 9.48 Å². The zero-order valence-electron chi connectivity index (χ0n) is 15.7. The summed E-state index contributed by atoms with van der Waals surface area (Å²) < 4.78 is 18.9. The zero-order chi connectivity index (χ0) is 19.3. The molecule has 26 heavy (non-hydrogen) atoms. The fourth-order valence-electron chi connectivity index (χ4n) is 2.70. The molecule has 0 bridgehead atoms. The van der Waals surface area contributed by atoms with Crippen molar-refractivity contribution in [2.75, 3.05) is 27.9 Å². The van der Waals surface area contributed by atoms with Crippen molar-refractivity contribution >= 4 is 21.8 Å². The second-order valence-corrected chi connectivity index (χ2v) is 6.49. The van der Waals surface area contributed by atoms with E-state index in [1.54, 1.807) is 12.1 Å². The van der Waals surface area contributed by atoms with Crippen LogP contribution >= 0.6 is 15.9 Å². The molecule has 0 aliphatic rings. The predicted octanol–water partition coefficient (Wildman–Crippen LogP) is 3.11. The topological polar surface area (TPSA) is 74.6 Å². The van der Waals surface area contributed by atoms with Crippen LogP contribution in [-0.4, -0.2) is 43.6 Å². The number of aryl methyl sites for hydroxylation is 2. The van der Waals surface area contributed by atoms with E-state index in [1.807, 2.05) is 18.5 Å². The molecule has 142 valence electrons. The predicted molar refractivity (Wildman–Crippen MR) is 102 cm³/mol. The zero-order valence-corrected chi connectivity index (χ0v) is 17.3. The van der Waals surface area contributed by atoms with E-state index in [1.165, 1.54) is 21.3 Å². The van der Waals surface area contributed by atoms with Gasteiger partial charge >= 0.3 is 0 Å². The highest BCUT2D eigenvalue weighted by Crippen LogP contribution is 2.39. The number of ether oxygens (including phenoxy) is 3. The minimum atomic E-state index is -0.225. The Balaban J connectivity index is 2.00. The number of carbonyl (C=O) groups is 1. The van der Waals surface area contributed by atoms with Gasteiger partial charge < -0.3 is 19.5 Å². The van der Waals surface area contributed by atoms with E-state index in [9.17, 15) is 4.79 Å². The van der Waals surface area contributed by atoms with Crippen LogP contribution in [0, 0.1) is 13.8 Å². The molecule has 7 nitrogen and oxygen atoms in total. The van der Waals surface area contributed by atoms with Gasteiger partial charge in [0.1, 0.15) is 0 Å². The smallest absolute Gasteiger partial charge is 0.255 e. The highest BCUT2D eigenvalue weighted by atomic mass is 79.9. The lowest BCUT2D eigenvalue weighted by atomic mass is 10.1. The van der Waals surface area contributed by atoms with E-state index in [2.05, 4.69) is 26.3 Å². The second-order valence-electron chi connectivity index (χ2n) is 5.70. The lowest BCUT2D eigenvalue weighted by Crippen LogP contribution is -2.26. The Morgan fingerprint density at radius 2 is 1.85 bits per heavy atom. The summed E-state index contributed by atoms with van der Waals surface area (Å²) >= 11 is 3.51. The van der Waals surface area contributed by atoms with Crippen molar-refractivity contribution in [2.45, 2.75) is 26.8 Å². The van der Waals surface area contributed by atoms with Crippen molar-refractivity contribution in [1.82, 2.24) is 15.1 Å². The third-order valence-corrected chi connectivity index (χ3v) is 5.22. The molecule has 8 heteroatoms. The van der Waals surface area contributed by atoms with Gasteiger partial charge in [-0.15, -0.1) is 0 Å². The van der Waals surface area contributed by atoms with Crippen molar-refractivity contribution in [1.29, 1.82) is 0 Å². The number of nitrogens with zero attached hydrogens (tertiary/aromatic N) is 2. The number of carbonyl (C=O) groups excluding carboxylic acids is 1. The standard InChI is InChI=1S/C18H24BrN3O4/c1-11-15(19)12(2)22(21-11)10-6-9-20-18(23)13-7-8-14(24-3)17(26-5)16(13)25-4/h7-8H,6,9-10H2,1-5H3,(H,20,23). The van der Waals surface area contributed by atoms with Gasteiger partial charge in [0.05, 0.1) is 37.1 Å². The van der Waals surface area contributed by atoms with Crippen LogP contribution in [0.3, 0.4) is 0 Å². The van der Waals surface area contributed by atoms with Crippen LogP contribution in [0.15, 0.2) is 16.6 Å². The van der Waals surface area contributed by atoms with Crippen LogP contribution in [0.5, 0.6) is 17.2 Å². The summed E-state index contributed by atoms with van der Waals surface area (Å²) in [7, 11) is 4.54. The maximum Gasteiger partial charge on any atom is 0.255 e. The minimum Gasteiger partial charge on any atom is -0.493 e. The van der Waals surface area contributed by atoms with Crippen molar-refractivity contribution in [2.24, 2.45) is 0 Å². The molecule has 0 saturated heterocycles. The van der Waals surface area contributed by atoms with Crippen LogP contribution in [0.1, 0.15) is 28.2 Å². The number of amides is 1. The van der Waals surface area contributed by atoms with Crippen LogP contribution in [0.4, 0.5) is 0 Å². The van der Waals surface area contributed by atoms with E-state index in [-0.39, 0.29) is 5.91 Å². The third-order valence-electron chi connectivity index (χ3n) is 4.07. The highest BCUT2D eigenvalue weighted by molar-refractivity contribution is 9.10. The summed E-state index contributed by atoms with van der Waals surface area (Å²) in [6.07, 6.45) is 0.760. The second kappa shape index (κ2) is 8.93. The van der Waals surface area contributed by atoms with E-state index in [0.29, 0.717) is 29.4 Å². The number of rotatable bonds is 8. The lowest BCUT2D eigenvalue weighted by Gasteiger charge is -2.15. The van der Waals surface area contributed by atoms with Gasteiger partial charge in [0.25, 0.3) is 5.91 Å². The van der Waals surface area contributed by atoms with Gasteiger partial charge in [-0.2, -0.15) is 5.10 Å². The summed E-state index contributed by atoms with van der Waals surface area (Å²) in [4.78, 5) is 12.5. The Morgan fingerprint density at radius 1 is 1.15 bits per heavy atom. The molecule has 2 aromatic rings. The number of aromatic nitrogens is 2. The molecule has 1 amide bonds. The molecular formula is C18H24BrN3O4. The molecule has 0 unspecified atom stereocenters. The highest BCUT2D eigenvalue weighted by Gasteiger charge is 2.20. The maximum atomic E-state index is 12.5. The van der Waals surface area contributed by atoms with Gasteiger partial charge in [0.2, 0.25) is 5.75 Å². The maximum absolute atomic E-state index is 12.5. The Hall–Kier alpha value is -2.22. The molecule has 1 N–H and O–H groups in total. The first-order chi connectivity index (χ1) is 12.4. The summed E-state index contributed by atoms with van der Waals surface area (Å²) in [5.41, 5.74) is 2.44. The third kappa shape index (κ3) is 4.12. The number of hydrogen-bond acceptors (Lipinski definition) is 5. The summed E-state index contributed by atoms with van der Waals surface area (Å²) in [5, 5.41) is 7.37. The van der Waals surface area contributed by atoms with E-state index in [0.717, 1.165) is 28.8 Å². The molecule has 0 spiro atoms. The molecule has 2 rings (SSSR count). The molecule has 0 atom stereocenters. The fraction of sp³-hybridized carbons (Fsp3) is 0.444. The van der Waals surface area contributed by atoms with Crippen LogP contribution in [-0.2, 0) is 6.54 Å². The SMILES string of the molecule is COc1ccc(C(=O)NCCCn2nc(C)c(Br)c2C)c(OC)c1OC. The normalized spacial score (nSPS) is 10.5. The average Bonchev–Trinajstić information content (AvgIpc) is 2.90. The van der Waals surface area contributed by atoms with Crippen molar-refractivity contribution in [3.8, 4) is 17.2 Å². The first-order valence-corrected chi connectivity index (χ1v) is 9.00. The average molecular weight is 426 g/mol. The van der Waals surface area contributed by atoms with E-state index in [4.69, 9.17) is 14.2 Å². The van der Waals surface area contributed by atoms with Crippen molar-refractivity contribution < 1.29 is 19.0 Å². The first kappa shape index (κ1) is 20.1. The van der Waals surface area contributed by atoms with Crippen molar-refractivity contribution in [3.63, 3.8) is 0 Å². The number of hydrogen-bond donors (Lipinski definition) is 1. The lowest BCUT2D eigenvalue weighted by molar-refractivity contribution is 0.0948. The molecule has 0 aliphatic carbocycles. The van der Waals surface area contributed by atoms with Gasteiger partial charge in [0, 0.05) is 18.8 Å². The van der Waals surface area contributed by atoms with Crippen molar-refractivity contribution in [3.05, 3.63) is 33.6 Å². The molecule has 0 fully saturated rings. The van der Waals surface area contributed by atoms with Gasteiger partial charge in [-0.25, -0.2) is 0 Å². The minimum absolute atomic E-state index is 0.225. The molecule has 1 aromatic carbocycles. The Kier molecular flexibility index (Phi) is 6.90. The largest absolute Gasteiger partial charge is 0.493 e. The van der Waals surface area contributed by atoms with Gasteiger partial charge in [-0.1, -0.05) is 0 Å². The molecule has 0 radical (unpaired) electrons. The summed E-state index contributed by atoms with van der Waals surface area (Å²) in [6, 6.07) is 3.34. The number of nitrogens with one attached hydrogen (secondary N) is 1. The molecular weight excluding hydrogens is 402 g/mol. The van der Waals surface area contributed by atoms with Crippen LogP contribution in [0.25, 0.3) is 0 Å². The van der Waals surface area contributed by atoms with Gasteiger partial charge in [-0.05, 0) is 48.3 Å². The molecule has 1 aromatic heterocycles. The Morgan fingerprint density at radius 3 is 2.38 bits per heavy atom. The van der Waals surface area contributed by atoms with E-state index < -0.39 is 0 Å².